The van der Waals surface area contributed by atoms with Crippen LogP contribution in [-0.2, 0) is 12.8 Å². The largest absolute Gasteiger partial charge is 0.497 e. The summed E-state index contributed by atoms with van der Waals surface area (Å²) >= 11 is 0. The lowest BCUT2D eigenvalue weighted by atomic mass is 9.89. The van der Waals surface area contributed by atoms with Crippen LogP contribution in [0.2, 0.25) is 0 Å². The van der Waals surface area contributed by atoms with E-state index in [1.807, 2.05) is 40.3 Å². The Balaban J connectivity index is 1.39. The molecule has 0 spiro atoms. The molecule has 0 bridgehead atoms. The molecule has 1 atom stereocenters. The molecule has 3 aromatic rings. The van der Waals surface area contributed by atoms with E-state index < -0.39 is 0 Å². The van der Waals surface area contributed by atoms with Gasteiger partial charge < -0.3 is 9.64 Å². The van der Waals surface area contributed by atoms with Crippen molar-refractivity contribution in [2.24, 2.45) is 0 Å². The highest BCUT2D eigenvalue weighted by Crippen LogP contribution is 2.36. The van der Waals surface area contributed by atoms with E-state index in [1.165, 1.54) is 22.4 Å². The Bertz CT molecular complexity index is 1070. The topological polar surface area (TPSA) is 61.5 Å². The van der Waals surface area contributed by atoms with Gasteiger partial charge in [0, 0.05) is 30.0 Å². The summed E-state index contributed by atoms with van der Waals surface area (Å²) in [4.78, 5) is 17.0. The molecule has 1 fully saturated rings. The Morgan fingerprint density at radius 2 is 2.00 bits per heavy atom. The number of H-pyrrole nitrogens is 1. The predicted molar refractivity (Wildman–Crippen MR) is 112 cm³/mol. The maximum absolute atomic E-state index is 13.2. The lowest BCUT2D eigenvalue weighted by molar-refractivity contribution is 0.205. The molecule has 2 heterocycles. The minimum absolute atomic E-state index is 0.00582. The van der Waals surface area contributed by atoms with Gasteiger partial charge in [0.25, 0.3) is 0 Å². The number of hydrogen-bond acceptors (Lipinski definition) is 3. The Hall–Kier alpha value is -3.28. The number of carbonyl (C=O) groups excluding carboxylic acids is 1. The fourth-order valence-electron chi connectivity index (χ4n) is 4.45. The van der Waals surface area contributed by atoms with E-state index in [0.717, 1.165) is 29.8 Å². The summed E-state index contributed by atoms with van der Waals surface area (Å²) in [6.07, 6.45) is 3.81. The Morgan fingerprint density at radius 1 is 1.10 bits per heavy atom. The van der Waals surface area contributed by atoms with Crippen LogP contribution in [-0.4, -0.2) is 41.3 Å². The van der Waals surface area contributed by atoms with Gasteiger partial charge in [0.2, 0.25) is 0 Å². The maximum atomic E-state index is 13.2. The highest BCUT2D eigenvalue weighted by molar-refractivity contribution is 5.95. The third-order valence-electron chi connectivity index (χ3n) is 6.14. The summed E-state index contributed by atoms with van der Waals surface area (Å²) in [7, 11) is 1.66. The molecule has 1 aromatic heterocycles. The molecule has 29 heavy (non-hydrogen) atoms. The second-order valence-electron chi connectivity index (χ2n) is 7.68. The molecule has 0 saturated carbocycles. The van der Waals surface area contributed by atoms with Crippen molar-refractivity contribution in [1.82, 2.24) is 15.1 Å². The van der Waals surface area contributed by atoms with E-state index in [4.69, 9.17) is 4.74 Å². The highest BCUT2D eigenvalue weighted by atomic mass is 16.5. The summed E-state index contributed by atoms with van der Waals surface area (Å²) < 4.78 is 5.34. The number of fused-ring (bicyclic) bond motifs is 3. The van der Waals surface area contributed by atoms with Gasteiger partial charge in [-0.25, -0.2) is 4.79 Å². The molecule has 1 N–H and O–H groups in total. The van der Waals surface area contributed by atoms with Crippen LogP contribution in [0.4, 0.5) is 10.5 Å². The molecule has 2 aromatic carbocycles. The quantitative estimate of drug-likeness (QED) is 0.729. The van der Waals surface area contributed by atoms with Crippen LogP contribution >= 0.6 is 0 Å². The van der Waals surface area contributed by atoms with Gasteiger partial charge in [-0.1, -0.05) is 18.2 Å². The zero-order valence-electron chi connectivity index (χ0n) is 16.7. The molecule has 2 amide bonds. The molecule has 1 aliphatic carbocycles. The van der Waals surface area contributed by atoms with Gasteiger partial charge in [-0.2, -0.15) is 5.10 Å². The molecule has 6 heteroatoms. The molecule has 6 nitrogen and oxygen atoms in total. The predicted octanol–water partition coefficient (Wildman–Crippen LogP) is 4.19. The summed E-state index contributed by atoms with van der Waals surface area (Å²) in [5, 5.41) is 7.27. The van der Waals surface area contributed by atoms with Gasteiger partial charge >= 0.3 is 6.03 Å². The lowest BCUT2D eigenvalue weighted by Crippen LogP contribution is -2.33. The van der Waals surface area contributed by atoms with Crippen LogP contribution in [0.5, 0.6) is 5.75 Å². The van der Waals surface area contributed by atoms with Crippen molar-refractivity contribution in [3.05, 3.63) is 65.5 Å². The van der Waals surface area contributed by atoms with E-state index in [0.29, 0.717) is 13.1 Å². The number of hydrogen-bond donors (Lipinski definition) is 1. The van der Waals surface area contributed by atoms with Crippen LogP contribution in [0, 0.1) is 0 Å². The van der Waals surface area contributed by atoms with E-state index in [2.05, 4.69) is 35.3 Å². The number of methoxy groups -OCH3 is 1. The number of rotatable bonds is 4. The number of aromatic amines is 1. The molecular weight excluding hydrogens is 364 g/mol. The molecule has 1 unspecified atom stereocenters. The number of carbonyl (C=O) groups is 1. The summed E-state index contributed by atoms with van der Waals surface area (Å²) in [5.74, 6) is 0.811. The zero-order chi connectivity index (χ0) is 20.0. The molecule has 148 valence electrons. The van der Waals surface area contributed by atoms with Crippen molar-refractivity contribution in [1.29, 1.82) is 0 Å². The second-order valence-corrected chi connectivity index (χ2v) is 7.68. The lowest BCUT2D eigenvalue weighted by Gasteiger charge is -2.26. The van der Waals surface area contributed by atoms with Crippen molar-refractivity contribution in [2.45, 2.75) is 25.8 Å². The monoisotopic (exact) mass is 388 g/mol. The van der Waals surface area contributed by atoms with Crippen LogP contribution < -0.4 is 9.64 Å². The van der Waals surface area contributed by atoms with Crippen molar-refractivity contribution in [3.8, 4) is 16.9 Å². The zero-order valence-corrected chi connectivity index (χ0v) is 16.7. The first-order valence-corrected chi connectivity index (χ1v) is 10.0. The molecule has 2 aliphatic rings. The van der Waals surface area contributed by atoms with Crippen LogP contribution in [0.3, 0.4) is 0 Å². The van der Waals surface area contributed by atoms with E-state index >= 15 is 0 Å². The number of ether oxygens (including phenoxy) is 1. The highest BCUT2D eigenvalue weighted by Gasteiger charge is 2.34. The SMILES string of the molecule is COc1cccc(C(C)N2CCN(c3ccc4c(c3)CCc3[nH]ncc3-4)C2=O)c1. The normalized spacial score (nSPS) is 16.6. The molecular formula is C23H24N4O2. The third kappa shape index (κ3) is 2.95. The molecule has 0 radical (unpaired) electrons. The third-order valence-corrected chi connectivity index (χ3v) is 6.14. The van der Waals surface area contributed by atoms with Gasteiger partial charge in [-0.3, -0.25) is 10.00 Å². The second kappa shape index (κ2) is 6.95. The number of aryl methyl sites for hydroxylation is 2. The van der Waals surface area contributed by atoms with Crippen molar-refractivity contribution >= 4 is 11.7 Å². The van der Waals surface area contributed by atoms with Crippen molar-refractivity contribution in [3.63, 3.8) is 0 Å². The van der Waals surface area contributed by atoms with E-state index in [9.17, 15) is 4.79 Å². The number of benzene rings is 2. The molecule has 1 saturated heterocycles. The molecule has 5 rings (SSSR count). The van der Waals surface area contributed by atoms with Gasteiger partial charge in [0.05, 0.1) is 19.3 Å². The smallest absolute Gasteiger partial charge is 0.325 e. The minimum atomic E-state index is -0.00582. The van der Waals surface area contributed by atoms with Crippen LogP contribution in [0.1, 0.15) is 29.8 Å². The van der Waals surface area contributed by atoms with E-state index in [1.54, 1.807) is 7.11 Å². The maximum Gasteiger partial charge on any atom is 0.325 e. The average molecular weight is 388 g/mol. The van der Waals surface area contributed by atoms with Crippen LogP contribution in [0.15, 0.2) is 48.7 Å². The van der Waals surface area contributed by atoms with E-state index in [-0.39, 0.29) is 12.1 Å². The Labute approximate surface area is 170 Å². The van der Waals surface area contributed by atoms with Crippen molar-refractivity contribution < 1.29 is 9.53 Å². The standard InChI is InChI=1S/C23H24N4O2/c1-15(16-4-3-5-19(13-16)29-2)26-10-11-27(23(26)28)18-7-8-20-17(12-18)6-9-22-21(20)14-24-25-22/h3-5,7-8,12-15H,6,9-11H2,1-2H3,(H,24,25). The van der Waals surface area contributed by atoms with Crippen LogP contribution in [0.25, 0.3) is 11.1 Å². The Kier molecular flexibility index (Phi) is 4.27. The number of amides is 2. The van der Waals surface area contributed by atoms with Crippen molar-refractivity contribution in [2.75, 3.05) is 25.1 Å². The summed E-state index contributed by atoms with van der Waals surface area (Å²) in [6.45, 7) is 3.48. The first kappa shape index (κ1) is 17.8. The van der Waals surface area contributed by atoms with Gasteiger partial charge in [0.15, 0.2) is 0 Å². The Morgan fingerprint density at radius 3 is 2.86 bits per heavy atom. The average Bonchev–Trinajstić information content (AvgIpc) is 3.39. The van der Waals surface area contributed by atoms with Gasteiger partial charge in [0.1, 0.15) is 5.75 Å². The first-order chi connectivity index (χ1) is 14.2. The number of nitrogens with one attached hydrogen (secondary N) is 1. The summed E-state index contributed by atoms with van der Waals surface area (Å²) in [6, 6.07) is 14.3. The number of nitrogens with zero attached hydrogens (tertiary/aromatic N) is 3. The van der Waals surface area contributed by atoms with Gasteiger partial charge in [-0.15, -0.1) is 0 Å². The van der Waals surface area contributed by atoms with Gasteiger partial charge in [-0.05, 0) is 60.7 Å². The fourth-order valence-corrected chi connectivity index (χ4v) is 4.45. The number of urea groups is 1. The first-order valence-electron chi connectivity index (χ1n) is 10.0. The summed E-state index contributed by atoms with van der Waals surface area (Å²) in [5.41, 5.74) is 6.93. The number of anilines is 1. The number of aromatic nitrogens is 2. The fraction of sp³-hybridized carbons (Fsp3) is 0.304. The minimum Gasteiger partial charge on any atom is -0.497 e. The molecule has 1 aliphatic heterocycles.